The van der Waals surface area contributed by atoms with Crippen molar-refractivity contribution < 1.29 is 4.79 Å². The highest BCUT2D eigenvalue weighted by Crippen LogP contribution is 2.15. The molecule has 6 nitrogen and oxygen atoms in total. The second-order valence-corrected chi connectivity index (χ2v) is 7.12. The van der Waals surface area contributed by atoms with Gasteiger partial charge in [0, 0.05) is 25.5 Å². The van der Waals surface area contributed by atoms with Crippen molar-refractivity contribution >= 4 is 23.2 Å². The molecule has 1 aromatic rings. The summed E-state index contributed by atoms with van der Waals surface area (Å²) < 4.78 is 0. The summed E-state index contributed by atoms with van der Waals surface area (Å²) in [5, 5.41) is 7.51. The number of guanidine groups is 1. The number of likely N-dealkylation sites (N-methyl/N-ethyl adjacent to an activating group) is 1. The van der Waals surface area contributed by atoms with Crippen LogP contribution < -0.4 is 10.6 Å². The monoisotopic (exact) mass is 325 g/mol. The van der Waals surface area contributed by atoms with Crippen molar-refractivity contribution in [1.82, 2.24) is 20.5 Å². The van der Waals surface area contributed by atoms with Gasteiger partial charge in [-0.25, -0.2) is 9.98 Å². The number of carbonyl (C=O) groups is 1. The van der Waals surface area contributed by atoms with Crippen LogP contribution in [0.15, 0.2) is 4.99 Å². The van der Waals surface area contributed by atoms with Crippen molar-refractivity contribution in [3.8, 4) is 0 Å². The smallest absolute Gasteiger partial charge is 0.243 e. The topological polar surface area (TPSA) is 69.6 Å². The molecule has 0 aromatic carbocycles. The molecule has 0 saturated carbocycles. The van der Waals surface area contributed by atoms with Crippen molar-refractivity contribution in [2.75, 3.05) is 27.2 Å². The molecule has 1 aromatic heterocycles. The van der Waals surface area contributed by atoms with Gasteiger partial charge >= 0.3 is 0 Å². The molecular formula is C15H27N5OS. The Morgan fingerprint density at radius 3 is 2.50 bits per heavy atom. The lowest BCUT2D eigenvalue weighted by molar-refractivity contribution is -0.127. The molecular weight excluding hydrogens is 298 g/mol. The lowest BCUT2D eigenvalue weighted by Gasteiger charge is -2.14. The number of amides is 1. The molecule has 0 radical (unpaired) electrons. The van der Waals surface area contributed by atoms with Gasteiger partial charge in [-0.1, -0.05) is 13.8 Å². The van der Waals surface area contributed by atoms with Crippen LogP contribution in [-0.2, 0) is 11.3 Å². The Bertz CT molecular complexity index is 503. The van der Waals surface area contributed by atoms with E-state index in [0.717, 1.165) is 17.2 Å². The van der Waals surface area contributed by atoms with Crippen molar-refractivity contribution in [3.63, 3.8) is 0 Å². The molecule has 0 bridgehead atoms. The van der Waals surface area contributed by atoms with Crippen molar-refractivity contribution in [1.29, 1.82) is 0 Å². The van der Waals surface area contributed by atoms with Crippen LogP contribution in [0.5, 0.6) is 0 Å². The number of rotatable bonds is 6. The van der Waals surface area contributed by atoms with E-state index < -0.39 is 0 Å². The van der Waals surface area contributed by atoms with Gasteiger partial charge in [-0.2, -0.15) is 0 Å². The molecule has 0 spiro atoms. The van der Waals surface area contributed by atoms with Crippen LogP contribution in [0.3, 0.4) is 0 Å². The van der Waals surface area contributed by atoms with Crippen LogP contribution in [0.4, 0.5) is 0 Å². The van der Waals surface area contributed by atoms with E-state index in [2.05, 4.69) is 41.4 Å². The fourth-order valence-corrected chi connectivity index (χ4v) is 2.41. The number of nitrogens with one attached hydrogen (secondary N) is 2. The molecule has 0 unspecified atom stereocenters. The number of aromatic nitrogens is 1. The third-order valence-corrected chi connectivity index (χ3v) is 4.10. The summed E-state index contributed by atoms with van der Waals surface area (Å²) in [5.41, 5.74) is 1.07. The average Bonchev–Trinajstić information content (AvgIpc) is 2.76. The van der Waals surface area contributed by atoms with Crippen molar-refractivity contribution in [2.24, 2.45) is 10.9 Å². The Kier molecular flexibility index (Phi) is 7.31. The molecule has 1 amide bonds. The first kappa shape index (κ1) is 18.4. The first-order valence-electron chi connectivity index (χ1n) is 7.44. The highest BCUT2D eigenvalue weighted by molar-refractivity contribution is 7.11. The summed E-state index contributed by atoms with van der Waals surface area (Å²) in [6.45, 7) is 9.88. The molecule has 0 aliphatic carbocycles. The second-order valence-electron chi connectivity index (χ2n) is 5.83. The molecule has 0 atom stereocenters. The Morgan fingerprint density at radius 1 is 1.32 bits per heavy atom. The van der Waals surface area contributed by atoms with E-state index >= 15 is 0 Å². The fourth-order valence-electron chi connectivity index (χ4n) is 1.54. The molecule has 0 aliphatic heterocycles. The van der Waals surface area contributed by atoms with Gasteiger partial charge in [-0.3, -0.25) is 4.79 Å². The van der Waals surface area contributed by atoms with Gasteiger partial charge in [0.1, 0.15) is 11.6 Å². The van der Waals surface area contributed by atoms with Gasteiger partial charge < -0.3 is 15.5 Å². The van der Waals surface area contributed by atoms with E-state index in [4.69, 9.17) is 0 Å². The normalized spacial score (nSPS) is 11.7. The van der Waals surface area contributed by atoms with Gasteiger partial charge in [0.15, 0.2) is 5.96 Å². The number of nitrogens with zero attached hydrogens (tertiary/aromatic N) is 3. The van der Waals surface area contributed by atoms with Crippen LogP contribution in [0, 0.1) is 19.8 Å². The lowest BCUT2D eigenvalue weighted by Crippen LogP contribution is -2.39. The van der Waals surface area contributed by atoms with Gasteiger partial charge in [0.25, 0.3) is 0 Å². The van der Waals surface area contributed by atoms with Crippen LogP contribution in [0.2, 0.25) is 0 Å². The zero-order valence-electron chi connectivity index (χ0n) is 14.4. The number of aliphatic imine (C=N–C) groups is 1. The number of thiazole rings is 1. The van der Waals surface area contributed by atoms with Crippen LogP contribution in [-0.4, -0.2) is 48.9 Å². The minimum atomic E-state index is -0.0217. The maximum atomic E-state index is 11.7. The Morgan fingerprint density at radius 2 is 2.00 bits per heavy atom. The number of carbonyl (C=O) groups excluding carboxylic acids is 1. The highest BCUT2D eigenvalue weighted by atomic mass is 32.1. The van der Waals surface area contributed by atoms with Crippen LogP contribution in [0.1, 0.15) is 29.4 Å². The van der Waals surface area contributed by atoms with E-state index in [1.807, 2.05) is 6.92 Å². The van der Waals surface area contributed by atoms with Crippen LogP contribution >= 0.6 is 11.3 Å². The predicted molar refractivity (Wildman–Crippen MR) is 92.3 cm³/mol. The van der Waals surface area contributed by atoms with Crippen LogP contribution in [0.25, 0.3) is 0 Å². The summed E-state index contributed by atoms with van der Waals surface area (Å²) in [5.74, 6) is 1.13. The summed E-state index contributed by atoms with van der Waals surface area (Å²) in [7, 11) is 3.46. The molecule has 2 N–H and O–H groups in total. The minimum absolute atomic E-state index is 0.0217. The Hall–Kier alpha value is -1.63. The first-order valence-corrected chi connectivity index (χ1v) is 8.26. The minimum Gasteiger partial charge on any atom is -0.356 e. The number of aryl methyl sites for hydroxylation is 2. The van der Waals surface area contributed by atoms with E-state index in [0.29, 0.717) is 18.4 Å². The zero-order valence-corrected chi connectivity index (χ0v) is 15.2. The predicted octanol–water partition coefficient (Wildman–Crippen LogP) is 1.54. The average molecular weight is 325 g/mol. The molecule has 22 heavy (non-hydrogen) atoms. The largest absolute Gasteiger partial charge is 0.356 e. The second kappa shape index (κ2) is 8.73. The number of hydrogen-bond acceptors (Lipinski definition) is 4. The van der Waals surface area contributed by atoms with Crippen molar-refractivity contribution in [2.45, 2.75) is 34.2 Å². The standard InChI is InChI=1S/C15H27N5OS/c1-10(2)7-16-15(18-9-14(21)20(5)6)17-8-13-19-11(3)12(4)22-13/h10H,7-9H2,1-6H3,(H2,16,17,18). The summed E-state index contributed by atoms with van der Waals surface area (Å²) in [6.07, 6.45) is 0. The maximum absolute atomic E-state index is 11.7. The van der Waals surface area contributed by atoms with E-state index in [9.17, 15) is 4.79 Å². The Balaban J connectivity index is 2.64. The third-order valence-electron chi connectivity index (χ3n) is 3.03. The molecule has 0 fully saturated rings. The summed E-state index contributed by atoms with van der Waals surface area (Å²) in [6, 6.07) is 0. The third kappa shape index (κ3) is 6.43. The van der Waals surface area contributed by atoms with E-state index in [1.54, 1.807) is 25.4 Å². The number of hydrogen-bond donors (Lipinski definition) is 2. The van der Waals surface area contributed by atoms with E-state index in [1.165, 1.54) is 9.78 Å². The van der Waals surface area contributed by atoms with Gasteiger partial charge in [0.2, 0.25) is 5.91 Å². The lowest BCUT2D eigenvalue weighted by atomic mass is 10.2. The Labute approximate surface area is 137 Å². The fraction of sp³-hybridized carbons (Fsp3) is 0.667. The molecule has 0 saturated heterocycles. The highest BCUT2D eigenvalue weighted by Gasteiger charge is 2.07. The SMILES string of the molecule is Cc1nc(CNC(=NCC(=O)N(C)C)NCC(C)C)sc1C. The zero-order chi connectivity index (χ0) is 16.7. The van der Waals surface area contributed by atoms with Crippen molar-refractivity contribution in [3.05, 3.63) is 15.6 Å². The van der Waals surface area contributed by atoms with Gasteiger partial charge in [0.05, 0.1) is 12.2 Å². The first-order chi connectivity index (χ1) is 10.3. The molecule has 124 valence electrons. The molecule has 1 heterocycles. The molecule has 1 rings (SSSR count). The summed E-state index contributed by atoms with van der Waals surface area (Å²) in [4.78, 5) is 23.3. The molecule has 0 aliphatic rings. The van der Waals surface area contributed by atoms with Gasteiger partial charge in [-0.15, -0.1) is 11.3 Å². The van der Waals surface area contributed by atoms with E-state index in [-0.39, 0.29) is 12.5 Å². The maximum Gasteiger partial charge on any atom is 0.243 e. The quantitative estimate of drug-likeness (QED) is 0.615. The van der Waals surface area contributed by atoms with Gasteiger partial charge in [-0.05, 0) is 19.8 Å². The molecule has 7 heteroatoms. The summed E-state index contributed by atoms with van der Waals surface area (Å²) >= 11 is 1.68.